The first kappa shape index (κ1) is 23.7. The number of piperidine rings is 1. The van der Waals surface area contributed by atoms with Crippen molar-refractivity contribution in [3.8, 4) is 5.75 Å². The number of likely N-dealkylation sites (tertiary alicyclic amines) is 1. The summed E-state index contributed by atoms with van der Waals surface area (Å²) in [5.41, 5.74) is 7.01. The van der Waals surface area contributed by atoms with Gasteiger partial charge in [-0.25, -0.2) is 10.4 Å². The molecule has 0 saturated carbocycles. The average Bonchev–Trinajstić information content (AvgIpc) is 3.33. The van der Waals surface area contributed by atoms with Gasteiger partial charge in [0, 0.05) is 36.4 Å². The highest BCUT2D eigenvalue weighted by atomic mass is 16.5. The minimum atomic E-state index is -0.510. The van der Waals surface area contributed by atoms with Crippen LogP contribution in [0.25, 0.3) is 11.0 Å². The van der Waals surface area contributed by atoms with E-state index < -0.39 is 5.91 Å². The summed E-state index contributed by atoms with van der Waals surface area (Å²) in [5, 5.41) is 3.64. The van der Waals surface area contributed by atoms with E-state index in [4.69, 9.17) is 4.74 Å². The van der Waals surface area contributed by atoms with Gasteiger partial charge in [0.05, 0.1) is 12.4 Å². The zero-order chi connectivity index (χ0) is 24.9. The van der Waals surface area contributed by atoms with Gasteiger partial charge in [-0.2, -0.15) is 0 Å². The molecule has 1 aliphatic rings. The SMILES string of the molecule is COc1ccc(CN2CCC(c3ccnc4c3ccn4Cc3ccc(C(=O)NN=O)cc3)CC2)cc1. The molecular weight excluding hydrogens is 454 g/mol. The van der Waals surface area contributed by atoms with Crippen molar-refractivity contribution in [1.82, 2.24) is 19.9 Å². The number of amides is 1. The molecule has 2 aromatic carbocycles. The Balaban J connectivity index is 1.25. The first-order valence-corrected chi connectivity index (χ1v) is 12.2. The average molecular weight is 484 g/mol. The molecule has 0 bridgehead atoms. The summed E-state index contributed by atoms with van der Waals surface area (Å²) in [6.45, 7) is 3.75. The Morgan fingerprint density at radius 3 is 2.39 bits per heavy atom. The third-order valence-electron chi connectivity index (χ3n) is 7.00. The Morgan fingerprint density at radius 1 is 1.00 bits per heavy atom. The normalized spacial score (nSPS) is 14.6. The van der Waals surface area contributed by atoms with Gasteiger partial charge in [0.15, 0.2) is 0 Å². The molecule has 8 heteroatoms. The summed E-state index contributed by atoms with van der Waals surface area (Å²) < 4.78 is 7.40. The van der Waals surface area contributed by atoms with E-state index in [0.29, 0.717) is 18.0 Å². The van der Waals surface area contributed by atoms with Gasteiger partial charge in [-0.05, 0) is 84.9 Å². The third kappa shape index (κ3) is 5.13. The maximum atomic E-state index is 11.7. The van der Waals surface area contributed by atoms with Crippen LogP contribution in [0.1, 0.15) is 45.8 Å². The quantitative estimate of drug-likeness (QED) is 0.285. The molecule has 8 nitrogen and oxygen atoms in total. The molecule has 1 aliphatic heterocycles. The van der Waals surface area contributed by atoms with E-state index in [-0.39, 0.29) is 0 Å². The van der Waals surface area contributed by atoms with Crippen molar-refractivity contribution in [2.24, 2.45) is 5.29 Å². The predicted molar refractivity (Wildman–Crippen MR) is 139 cm³/mol. The Hall–Kier alpha value is -4.04. The number of methoxy groups -OCH3 is 1. The minimum Gasteiger partial charge on any atom is -0.497 e. The van der Waals surface area contributed by atoms with Crippen LogP contribution in [-0.4, -0.2) is 40.6 Å². The smallest absolute Gasteiger partial charge is 0.273 e. The van der Waals surface area contributed by atoms with Gasteiger partial charge in [-0.15, -0.1) is 4.91 Å². The van der Waals surface area contributed by atoms with Crippen molar-refractivity contribution in [3.05, 3.63) is 100 Å². The summed E-state index contributed by atoms with van der Waals surface area (Å²) >= 11 is 0. The molecule has 36 heavy (non-hydrogen) atoms. The molecule has 1 saturated heterocycles. The highest BCUT2D eigenvalue weighted by molar-refractivity contribution is 5.93. The van der Waals surface area contributed by atoms with Crippen molar-refractivity contribution in [2.45, 2.75) is 31.8 Å². The van der Waals surface area contributed by atoms with Crippen molar-refractivity contribution in [3.63, 3.8) is 0 Å². The summed E-state index contributed by atoms with van der Waals surface area (Å²) in [6.07, 6.45) is 6.24. The van der Waals surface area contributed by atoms with Crippen molar-refractivity contribution < 1.29 is 9.53 Å². The van der Waals surface area contributed by atoms with Crippen LogP contribution in [0, 0.1) is 4.91 Å². The number of pyridine rings is 1. The van der Waals surface area contributed by atoms with Gasteiger partial charge in [0.2, 0.25) is 0 Å². The lowest BCUT2D eigenvalue weighted by Gasteiger charge is -2.32. The molecule has 0 spiro atoms. The lowest BCUT2D eigenvalue weighted by atomic mass is 9.88. The zero-order valence-electron chi connectivity index (χ0n) is 20.3. The number of fused-ring (bicyclic) bond motifs is 1. The Morgan fingerprint density at radius 2 is 1.69 bits per heavy atom. The molecule has 0 aliphatic carbocycles. The summed E-state index contributed by atoms with van der Waals surface area (Å²) in [6, 6.07) is 19.8. The fourth-order valence-corrected chi connectivity index (χ4v) is 5.05. The van der Waals surface area contributed by atoms with Crippen LogP contribution in [0.2, 0.25) is 0 Å². The van der Waals surface area contributed by atoms with Gasteiger partial charge in [0.25, 0.3) is 5.91 Å². The molecule has 2 aromatic heterocycles. The second kappa shape index (κ2) is 10.7. The highest BCUT2D eigenvalue weighted by Gasteiger charge is 2.23. The molecule has 1 N–H and O–H groups in total. The first-order valence-electron chi connectivity index (χ1n) is 12.2. The minimum absolute atomic E-state index is 0.398. The van der Waals surface area contributed by atoms with Crippen molar-refractivity contribution in [2.75, 3.05) is 20.2 Å². The van der Waals surface area contributed by atoms with E-state index in [1.165, 1.54) is 16.5 Å². The molecule has 5 rings (SSSR count). The van der Waals surface area contributed by atoms with Gasteiger partial charge < -0.3 is 9.30 Å². The second-order valence-electron chi connectivity index (χ2n) is 9.21. The number of rotatable bonds is 8. The molecule has 0 radical (unpaired) electrons. The Kier molecular flexibility index (Phi) is 7.04. The van der Waals surface area contributed by atoms with E-state index in [1.807, 2.05) is 35.9 Å². The number of benzene rings is 2. The van der Waals surface area contributed by atoms with Crippen molar-refractivity contribution in [1.29, 1.82) is 0 Å². The number of hydrogen-bond acceptors (Lipinski definition) is 6. The molecule has 1 amide bonds. The fraction of sp³-hybridized carbons (Fsp3) is 0.286. The fourth-order valence-electron chi connectivity index (χ4n) is 5.05. The zero-order valence-corrected chi connectivity index (χ0v) is 20.3. The topological polar surface area (TPSA) is 88.8 Å². The van der Waals surface area contributed by atoms with E-state index >= 15 is 0 Å². The lowest BCUT2D eigenvalue weighted by molar-refractivity contribution is 0.0954. The maximum absolute atomic E-state index is 11.7. The molecule has 184 valence electrons. The predicted octanol–water partition coefficient (Wildman–Crippen LogP) is 4.88. The van der Waals surface area contributed by atoms with Crippen LogP contribution >= 0.6 is 0 Å². The summed E-state index contributed by atoms with van der Waals surface area (Å²) in [4.78, 5) is 29.2. The molecular formula is C28H29N5O3. The summed E-state index contributed by atoms with van der Waals surface area (Å²) in [5.74, 6) is 0.898. The van der Waals surface area contributed by atoms with Gasteiger partial charge in [-0.1, -0.05) is 24.3 Å². The van der Waals surface area contributed by atoms with Crippen LogP contribution in [-0.2, 0) is 13.1 Å². The van der Waals surface area contributed by atoms with Crippen LogP contribution in [0.4, 0.5) is 0 Å². The van der Waals surface area contributed by atoms with E-state index in [0.717, 1.165) is 49.4 Å². The number of ether oxygens (including phenoxy) is 1. The Labute approximate surface area is 209 Å². The van der Waals surface area contributed by atoms with Crippen LogP contribution < -0.4 is 10.2 Å². The number of aromatic nitrogens is 2. The molecule has 0 atom stereocenters. The van der Waals surface area contributed by atoms with Crippen molar-refractivity contribution >= 4 is 16.9 Å². The number of hydrogen-bond donors (Lipinski definition) is 1. The second-order valence-corrected chi connectivity index (χ2v) is 9.21. The molecule has 0 unspecified atom stereocenters. The maximum Gasteiger partial charge on any atom is 0.273 e. The first-order chi connectivity index (χ1) is 17.6. The van der Waals surface area contributed by atoms with Gasteiger partial charge >= 0.3 is 0 Å². The van der Waals surface area contributed by atoms with E-state index in [2.05, 4.69) is 50.2 Å². The standard InChI is InChI=1S/C28H29N5O3/c1-36-24-8-4-20(5-9-24)18-32-15-11-22(12-16-32)25-10-14-29-27-26(25)13-17-33(27)19-21-2-6-23(7-3-21)28(34)30-31-35/h2-10,13-14,17,22H,11-12,15-16,18-19H2,1H3,(H,30,34,35). The lowest BCUT2D eigenvalue weighted by Crippen LogP contribution is -2.32. The molecule has 4 aromatic rings. The number of carbonyl (C=O) groups excluding carboxylic acids is 1. The summed E-state index contributed by atoms with van der Waals surface area (Å²) in [7, 11) is 1.69. The van der Waals surface area contributed by atoms with E-state index in [9.17, 15) is 9.70 Å². The van der Waals surface area contributed by atoms with Crippen LogP contribution in [0.3, 0.4) is 0 Å². The van der Waals surface area contributed by atoms with Crippen LogP contribution in [0.15, 0.2) is 78.3 Å². The van der Waals surface area contributed by atoms with Crippen LogP contribution in [0.5, 0.6) is 5.75 Å². The molecule has 1 fully saturated rings. The Bertz CT molecular complexity index is 1340. The third-order valence-corrected chi connectivity index (χ3v) is 7.00. The number of nitrogens with zero attached hydrogens (tertiary/aromatic N) is 4. The van der Waals surface area contributed by atoms with Gasteiger partial charge in [0.1, 0.15) is 11.4 Å². The number of nitroso groups, excluding NO2 is 1. The van der Waals surface area contributed by atoms with E-state index in [1.54, 1.807) is 19.2 Å². The highest BCUT2D eigenvalue weighted by Crippen LogP contribution is 2.33. The van der Waals surface area contributed by atoms with Gasteiger partial charge in [-0.3, -0.25) is 9.69 Å². The molecule has 3 heterocycles. The monoisotopic (exact) mass is 483 g/mol. The largest absolute Gasteiger partial charge is 0.497 e. The number of nitrogens with one attached hydrogen (secondary N) is 1. The number of carbonyl (C=O) groups is 1.